The number of ether oxygens (including phenoxy) is 3. The lowest BCUT2D eigenvalue weighted by molar-refractivity contribution is -0.139. The van der Waals surface area contributed by atoms with Gasteiger partial charge in [-0.25, -0.2) is 14.2 Å². The van der Waals surface area contributed by atoms with Crippen molar-refractivity contribution in [3.8, 4) is 11.5 Å². The van der Waals surface area contributed by atoms with Gasteiger partial charge in [-0.2, -0.15) is 0 Å². The van der Waals surface area contributed by atoms with Crippen LogP contribution in [0.2, 0.25) is 0 Å². The van der Waals surface area contributed by atoms with Crippen LogP contribution in [0.1, 0.15) is 49.4 Å². The lowest BCUT2D eigenvalue weighted by atomic mass is 9.90. The fourth-order valence-corrected chi connectivity index (χ4v) is 7.31. The number of methoxy groups -OCH3 is 1. The molecule has 0 saturated carbocycles. The monoisotopic (exact) mass is 714 g/mol. The summed E-state index contributed by atoms with van der Waals surface area (Å²) in [7, 11) is 1.58. The van der Waals surface area contributed by atoms with E-state index in [4.69, 9.17) is 19.2 Å². The Morgan fingerprint density at radius 3 is 2.55 bits per heavy atom. The summed E-state index contributed by atoms with van der Waals surface area (Å²) >= 11 is 4.82. The van der Waals surface area contributed by atoms with E-state index < -0.39 is 12.0 Å². The fraction of sp³-hybridized carbons (Fsp3) is 0.216. The number of aromatic nitrogens is 1. The van der Waals surface area contributed by atoms with E-state index in [-0.39, 0.29) is 24.6 Å². The van der Waals surface area contributed by atoms with Gasteiger partial charge in [-0.15, -0.1) is 0 Å². The van der Waals surface area contributed by atoms with E-state index in [1.54, 1.807) is 48.9 Å². The van der Waals surface area contributed by atoms with E-state index in [1.165, 1.54) is 17.4 Å². The Balaban J connectivity index is 1.50. The van der Waals surface area contributed by atoms with Crippen molar-refractivity contribution in [2.24, 2.45) is 4.99 Å². The van der Waals surface area contributed by atoms with Crippen LogP contribution in [0, 0.1) is 5.82 Å². The smallest absolute Gasteiger partial charge is 0.338 e. The molecular weight excluding hydrogens is 683 g/mol. The van der Waals surface area contributed by atoms with Gasteiger partial charge in [-0.05, 0) is 76.0 Å². The van der Waals surface area contributed by atoms with Gasteiger partial charge >= 0.3 is 5.97 Å². The molecule has 5 aromatic rings. The molecule has 2 heterocycles. The van der Waals surface area contributed by atoms with E-state index in [0.717, 1.165) is 22.8 Å². The van der Waals surface area contributed by atoms with Crippen molar-refractivity contribution in [1.82, 2.24) is 4.57 Å². The van der Waals surface area contributed by atoms with Gasteiger partial charge in [0.2, 0.25) is 0 Å². The first-order valence-corrected chi connectivity index (χ1v) is 16.9. The Bertz CT molecular complexity index is 2210. The van der Waals surface area contributed by atoms with Gasteiger partial charge in [0.15, 0.2) is 4.80 Å². The molecule has 6 rings (SSSR count). The number of nitrogens with zero attached hydrogens (tertiary/aromatic N) is 2. The molecular formula is C37H32BrFN2O5S. The number of hydrogen-bond donors (Lipinski definition) is 0. The number of benzene rings is 4. The number of hydrogen-bond acceptors (Lipinski definition) is 7. The van der Waals surface area contributed by atoms with Crippen molar-refractivity contribution in [3.05, 3.63) is 137 Å². The standard InChI is InChI=1S/C37H32BrFN2O5S/c1-4-10-28-33(36(43)45-5-2)34(32-25-13-8-6-11-23(25)16-18-30(32)44-3)41-35(42)31(47-37(41)40-28)20-22-15-17-29(26(38)19-22)46-21-24-12-7-9-14-27(24)39/h6-9,11-20,34H,4-5,10,21H2,1-3H3/b31-20+. The van der Waals surface area contributed by atoms with Crippen LogP contribution in [0.25, 0.3) is 16.8 Å². The Kier molecular flexibility index (Phi) is 9.70. The number of fused-ring (bicyclic) bond motifs is 2. The maximum absolute atomic E-state index is 14.4. The minimum atomic E-state index is -0.823. The third-order valence-corrected chi connectivity index (χ3v) is 9.51. The first-order valence-electron chi connectivity index (χ1n) is 15.3. The summed E-state index contributed by atoms with van der Waals surface area (Å²) in [4.78, 5) is 33.5. The van der Waals surface area contributed by atoms with Crippen LogP contribution in [-0.2, 0) is 16.1 Å². The summed E-state index contributed by atoms with van der Waals surface area (Å²) in [5.41, 5.74) is 2.54. The van der Waals surface area contributed by atoms with Gasteiger partial charge < -0.3 is 14.2 Å². The predicted octanol–water partition coefficient (Wildman–Crippen LogP) is 7.22. The number of carbonyl (C=O) groups excluding carboxylic acids is 1. The van der Waals surface area contributed by atoms with Crippen LogP contribution >= 0.6 is 27.3 Å². The van der Waals surface area contributed by atoms with Crippen LogP contribution in [0.3, 0.4) is 0 Å². The van der Waals surface area contributed by atoms with E-state index in [2.05, 4.69) is 15.9 Å². The number of allylic oxidation sites excluding steroid dienone is 1. The molecule has 0 spiro atoms. The summed E-state index contributed by atoms with van der Waals surface area (Å²) in [5, 5.41) is 1.81. The Morgan fingerprint density at radius 1 is 1.04 bits per heavy atom. The molecule has 0 saturated heterocycles. The highest BCUT2D eigenvalue weighted by Crippen LogP contribution is 2.41. The Hall–Kier alpha value is -4.54. The molecule has 7 nitrogen and oxygen atoms in total. The lowest BCUT2D eigenvalue weighted by Gasteiger charge is -2.28. The summed E-state index contributed by atoms with van der Waals surface area (Å²) in [5.74, 6) is 0.253. The minimum Gasteiger partial charge on any atom is -0.496 e. The van der Waals surface area contributed by atoms with Crippen LogP contribution < -0.4 is 24.4 Å². The molecule has 10 heteroatoms. The summed E-state index contributed by atoms with van der Waals surface area (Å²) < 4.78 is 34.1. The molecule has 0 bridgehead atoms. The Labute approximate surface area is 283 Å². The van der Waals surface area contributed by atoms with E-state index in [1.807, 2.05) is 55.5 Å². The number of rotatable bonds is 10. The number of esters is 1. The molecule has 0 radical (unpaired) electrons. The molecule has 0 amide bonds. The zero-order chi connectivity index (χ0) is 33.1. The van der Waals surface area contributed by atoms with Crippen LogP contribution in [0.4, 0.5) is 4.39 Å². The second-order valence-electron chi connectivity index (χ2n) is 10.9. The highest BCUT2D eigenvalue weighted by molar-refractivity contribution is 9.10. The number of carbonyl (C=O) groups is 1. The summed E-state index contributed by atoms with van der Waals surface area (Å²) in [6.45, 7) is 4.04. The average Bonchev–Trinajstić information content (AvgIpc) is 3.38. The first kappa shape index (κ1) is 32.4. The normalized spacial score (nSPS) is 14.6. The fourth-order valence-electron chi connectivity index (χ4n) is 5.78. The highest BCUT2D eigenvalue weighted by atomic mass is 79.9. The second-order valence-corrected chi connectivity index (χ2v) is 12.7. The molecule has 1 aromatic heterocycles. The van der Waals surface area contributed by atoms with Gasteiger partial charge in [-0.1, -0.05) is 79.3 Å². The summed E-state index contributed by atoms with van der Waals surface area (Å²) in [6.07, 6.45) is 3.07. The molecule has 1 aliphatic rings. The molecule has 0 N–H and O–H groups in total. The SMILES string of the molecule is CCCC1=C(C(=O)OCC)C(c2c(OC)ccc3ccccc23)n2c(s/c(=C/c3ccc(OCc4ccccc4F)c(Br)c3)c2=O)=N1. The topological polar surface area (TPSA) is 79.1 Å². The largest absolute Gasteiger partial charge is 0.496 e. The molecule has 1 atom stereocenters. The van der Waals surface area contributed by atoms with Crippen LogP contribution in [-0.4, -0.2) is 24.3 Å². The van der Waals surface area contributed by atoms with E-state index >= 15 is 0 Å². The first-order chi connectivity index (χ1) is 22.8. The molecule has 0 fully saturated rings. The van der Waals surface area contributed by atoms with Gasteiger partial charge in [-0.3, -0.25) is 9.36 Å². The maximum Gasteiger partial charge on any atom is 0.338 e. The summed E-state index contributed by atoms with van der Waals surface area (Å²) in [6, 6.07) is 22.8. The third kappa shape index (κ3) is 6.40. The molecule has 47 heavy (non-hydrogen) atoms. The van der Waals surface area contributed by atoms with Crippen molar-refractivity contribution in [1.29, 1.82) is 0 Å². The van der Waals surface area contributed by atoms with Gasteiger partial charge in [0, 0.05) is 11.1 Å². The zero-order valence-electron chi connectivity index (χ0n) is 26.1. The Morgan fingerprint density at radius 2 is 1.81 bits per heavy atom. The molecule has 240 valence electrons. The van der Waals surface area contributed by atoms with Crippen molar-refractivity contribution in [3.63, 3.8) is 0 Å². The third-order valence-electron chi connectivity index (χ3n) is 7.91. The predicted molar refractivity (Wildman–Crippen MR) is 185 cm³/mol. The minimum absolute atomic E-state index is 0.0732. The van der Waals surface area contributed by atoms with Crippen molar-refractivity contribution < 1.29 is 23.4 Å². The van der Waals surface area contributed by atoms with Crippen LogP contribution in [0.5, 0.6) is 11.5 Å². The van der Waals surface area contributed by atoms with Gasteiger partial charge in [0.05, 0.1) is 34.0 Å². The maximum atomic E-state index is 14.4. The number of halogens is 2. The van der Waals surface area contributed by atoms with Crippen LogP contribution in [0.15, 0.2) is 104 Å². The average molecular weight is 716 g/mol. The van der Waals surface area contributed by atoms with Crippen molar-refractivity contribution in [2.75, 3.05) is 13.7 Å². The van der Waals surface area contributed by atoms with Crippen molar-refractivity contribution >= 4 is 50.1 Å². The van der Waals surface area contributed by atoms with Gasteiger partial charge in [0.1, 0.15) is 30.0 Å². The molecule has 1 aliphatic heterocycles. The number of thiazole rings is 1. The molecule has 0 aliphatic carbocycles. The van der Waals surface area contributed by atoms with E-state index in [9.17, 15) is 14.0 Å². The van der Waals surface area contributed by atoms with Crippen molar-refractivity contribution in [2.45, 2.75) is 39.3 Å². The van der Waals surface area contributed by atoms with Gasteiger partial charge in [0.25, 0.3) is 5.56 Å². The quantitative estimate of drug-likeness (QED) is 0.143. The lowest BCUT2D eigenvalue weighted by Crippen LogP contribution is -2.40. The zero-order valence-corrected chi connectivity index (χ0v) is 28.5. The molecule has 1 unspecified atom stereocenters. The van der Waals surface area contributed by atoms with E-state index in [0.29, 0.717) is 54.1 Å². The molecule has 4 aromatic carbocycles. The highest BCUT2D eigenvalue weighted by Gasteiger charge is 2.37. The second kappa shape index (κ2) is 14.1.